The maximum atomic E-state index is 11.6. The van der Waals surface area contributed by atoms with Crippen molar-refractivity contribution in [2.24, 2.45) is 0 Å². The molecule has 0 fully saturated rings. The number of aromatic nitrogens is 2. The number of hydrogen-bond acceptors (Lipinski definition) is 5. The van der Waals surface area contributed by atoms with Crippen LogP contribution in [0.25, 0.3) is 22.2 Å². The van der Waals surface area contributed by atoms with Crippen molar-refractivity contribution in [3.8, 4) is 17.0 Å². The molecule has 0 saturated heterocycles. The van der Waals surface area contributed by atoms with Gasteiger partial charge in [0, 0.05) is 29.1 Å². The molecular formula is C21H19N3O3S. The van der Waals surface area contributed by atoms with E-state index in [-0.39, 0.29) is 4.90 Å². The van der Waals surface area contributed by atoms with Crippen LogP contribution in [0, 0.1) is 0 Å². The van der Waals surface area contributed by atoms with E-state index in [2.05, 4.69) is 15.3 Å². The highest BCUT2D eigenvalue weighted by molar-refractivity contribution is 7.90. The fourth-order valence-electron chi connectivity index (χ4n) is 3.09. The van der Waals surface area contributed by atoms with Crippen molar-refractivity contribution < 1.29 is 13.2 Å². The lowest BCUT2D eigenvalue weighted by molar-refractivity contribution is 0.416. The summed E-state index contributed by atoms with van der Waals surface area (Å²) in [5.74, 6) is 1.47. The Labute approximate surface area is 163 Å². The second kappa shape index (κ2) is 7.01. The standard InChI is InChI=1S/C21H19N3O3S/c1-27-20-6-4-3-5-16(20)19-13-17-18(24-19)11-12-22-21(17)23-14-7-9-15(10-8-14)28(2,25)26/h3-13,24H,1-2H3,(H,22,23). The zero-order valence-corrected chi connectivity index (χ0v) is 16.2. The number of pyridine rings is 1. The lowest BCUT2D eigenvalue weighted by atomic mass is 10.1. The normalized spacial score (nSPS) is 11.5. The van der Waals surface area contributed by atoms with Gasteiger partial charge in [-0.25, -0.2) is 13.4 Å². The van der Waals surface area contributed by atoms with Gasteiger partial charge in [-0.3, -0.25) is 0 Å². The average Bonchev–Trinajstić information content (AvgIpc) is 3.13. The third kappa shape index (κ3) is 3.44. The third-order valence-electron chi connectivity index (χ3n) is 4.49. The number of anilines is 2. The molecule has 0 bridgehead atoms. The molecule has 142 valence electrons. The number of hydrogen-bond donors (Lipinski definition) is 2. The first-order chi connectivity index (χ1) is 13.5. The summed E-state index contributed by atoms with van der Waals surface area (Å²) in [6.07, 6.45) is 2.91. The fourth-order valence-corrected chi connectivity index (χ4v) is 3.72. The van der Waals surface area contributed by atoms with E-state index in [1.54, 1.807) is 37.6 Å². The van der Waals surface area contributed by atoms with Crippen LogP contribution in [0.1, 0.15) is 0 Å². The summed E-state index contributed by atoms with van der Waals surface area (Å²) >= 11 is 0. The SMILES string of the molecule is COc1ccccc1-c1cc2c(Nc3ccc(S(C)(=O)=O)cc3)nccc2[nH]1. The molecular weight excluding hydrogens is 374 g/mol. The zero-order valence-electron chi connectivity index (χ0n) is 15.4. The van der Waals surface area contributed by atoms with Crippen LogP contribution in [-0.4, -0.2) is 31.8 Å². The maximum absolute atomic E-state index is 11.6. The number of aromatic amines is 1. The van der Waals surface area contributed by atoms with E-state index in [0.717, 1.165) is 33.6 Å². The highest BCUT2D eigenvalue weighted by Gasteiger charge is 2.12. The van der Waals surface area contributed by atoms with Gasteiger partial charge in [0.1, 0.15) is 11.6 Å². The van der Waals surface area contributed by atoms with E-state index in [4.69, 9.17) is 4.74 Å². The molecule has 7 heteroatoms. The molecule has 4 aromatic rings. The van der Waals surface area contributed by atoms with Crippen LogP contribution in [0.4, 0.5) is 11.5 Å². The fraction of sp³-hybridized carbons (Fsp3) is 0.0952. The first-order valence-corrected chi connectivity index (χ1v) is 10.5. The molecule has 0 unspecified atom stereocenters. The number of nitrogens with zero attached hydrogens (tertiary/aromatic N) is 1. The molecule has 6 nitrogen and oxygen atoms in total. The first kappa shape index (κ1) is 18.1. The van der Waals surface area contributed by atoms with Gasteiger partial charge in [0.05, 0.1) is 23.2 Å². The van der Waals surface area contributed by atoms with E-state index in [9.17, 15) is 8.42 Å². The molecule has 4 rings (SSSR count). The molecule has 2 heterocycles. The molecule has 0 saturated carbocycles. The summed E-state index contributed by atoms with van der Waals surface area (Å²) < 4.78 is 28.7. The number of ether oxygens (including phenoxy) is 1. The zero-order chi connectivity index (χ0) is 19.7. The Bertz CT molecular complexity index is 1250. The molecule has 0 aliphatic rings. The summed E-state index contributed by atoms with van der Waals surface area (Å²) in [5, 5.41) is 4.19. The Morgan fingerprint density at radius 1 is 1.04 bits per heavy atom. The minimum Gasteiger partial charge on any atom is -0.496 e. The van der Waals surface area contributed by atoms with Crippen LogP contribution >= 0.6 is 0 Å². The Balaban J connectivity index is 1.72. The van der Waals surface area contributed by atoms with Gasteiger partial charge in [-0.05, 0) is 48.5 Å². The summed E-state index contributed by atoms with van der Waals surface area (Å²) in [4.78, 5) is 8.13. The second-order valence-corrected chi connectivity index (χ2v) is 8.44. The molecule has 0 amide bonds. The number of rotatable bonds is 5. The Hall–Kier alpha value is -3.32. The number of methoxy groups -OCH3 is 1. The summed E-state index contributed by atoms with van der Waals surface area (Å²) in [6.45, 7) is 0. The van der Waals surface area contributed by atoms with Gasteiger partial charge in [0.2, 0.25) is 0 Å². The van der Waals surface area contributed by atoms with E-state index in [0.29, 0.717) is 5.82 Å². The summed E-state index contributed by atoms with van der Waals surface area (Å²) in [7, 11) is -1.57. The van der Waals surface area contributed by atoms with Crippen LogP contribution in [0.15, 0.2) is 71.8 Å². The molecule has 2 aromatic heterocycles. The van der Waals surface area contributed by atoms with Crippen molar-refractivity contribution in [1.82, 2.24) is 9.97 Å². The van der Waals surface area contributed by atoms with Gasteiger partial charge in [0.15, 0.2) is 9.84 Å². The highest BCUT2D eigenvalue weighted by Crippen LogP contribution is 2.33. The van der Waals surface area contributed by atoms with E-state index in [1.807, 2.05) is 36.4 Å². The van der Waals surface area contributed by atoms with Crippen LogP contribution in [0.5, 0.6) is 5.75 Å². The number of fused-ring (bicyclic) bond motifs is 1. The molecule has 2 aromatic carbocycles. The molecule has 0 aliphatic carbocycles. The summed E-state index contributed by atoms with van der Waals surface area (Å²) in [5.41, 5.74) is 3.58. The van der Waals surface area contributed by atoms with Crippen molar-refractivity contribution in [3.05, 3.63) is 66.9 Å². The van der Waals surface area contributed by atoms with Crippen molar-refractivity contribution >= 4 is 32.2 Å². The number of para-hydroxylation sites is 1. The molecule has 0 radical (unpaired) electrons. The van der Waals surface area contributed by atoms with E-state index in [1.165, 1.54) is 6.26 Å². The van der Waals surface area contributed by atoms with Crippen molar-refractivity contribution in [2.45, 2.75) is 4.90 Å². The smallest absolute Gasteiger partial charge is 0.175 e. The van der Waals surface area contributed by atoms with Crippen molar-refractivity contribution in [1.29, 1.82) is 0 Å². The molecule has 2 N–H and O–H groups in total. The van der Waals surface area contributed by atoms with Gasteiger partial charge < -0.3 is 15.0 Å². The van der Waals surface area contributed by atoms with Crippen LogP contribution in [0.2, 0.25) is 0 Å². The monoisotopic (exact) mass is 393 g/mol. The maximum Gasteiger partial charge on any atom is 0.175 e. The summed E-state index contributed by atoms with van der Waals surface area (Å²) in [6, 6.07) is 18.3. The molecule has 0 spiro atoms. The first-order valence-electron chi connectivity index (χ1n) is 8.64. The Morgan fingerprint density at radius 3 is 2.50 bits per heavy atom. The van der Waals surface area contributed by atoms with Crippen molar-refractivity contribution in [2.75, 3.05) is 18.7 Å². The Kier molecular flexibility index (Phi) is 4.52. The lowest BCUT2D eigenvalue weighted by Crippen LogP contribution is -1.98. The molecule has 28 heavy (non-hydrogen) atoms. The van der Waals surface area contributed by atoms with Crippen molar-refractivity contribution in [3.63, 3.8) is 0 Å². The number of H-pyrrole nitrogens is 1. The molecule has 0 aliphatic heterocycles. The van der Waals surface area contributed by atoms with Crippen LogP contribution in [-0.2, 0) is 9.84 Å². The van der Waals surface area contributed by atoms with Gasteiger partial charge in [-0.1, -0.05) is 12.1 Å². The van der Waals surface area contributed by atoms with Gasteiger partial charge in [-0.15, -0.1) is 0 Å². The number of sulfone groups is 1. The quantitative estimate of drug-likeness (QED) is 0.525. The van der Waals surface area contributed by atoms with E-state index < -0.39 is 9.84 Å². The Morgan fingerprint density at radius 2 is 1.79 bits per heavy atom. The predicted molar refractivity (Wildman–Crippen MR) is 111 cm³/mol. The lowest BCUT2D eigenvalue weighted by Gasteiger charge is -2.07. The third-order valence-corrected chi connectivity index (χ3v) is 5.62. The number of benzene rings is 2. The predicted octanol–water partition coefficient (Wildman–Crippen LogP) is 4.39. The van der Waals surface area contributed by atoms with Gasteiger partial charge >= 0.3 is 0 Å². The highest BCUT2D eigenvalue weighted by atomic mass is 32.2. The van der Waals surface area contributed by atoms with Crippen LogP contribution in [0.3, 0.4) is 0 Å². The van der Waals surface area contributed by atoms with E-state index >= 15 is 0 Å². The average molecular weight is 393 g/mol. The molecule has 0 atom stereocenters. The second-order valence-electron chi connectivity index (χ2n) is 6.43. The van der Waals surface area contributed by atoms with Gasteiger partial charge in [-0.2, -0.15) is 0 Å². The number of nitrogens with one attached hydrogen (secondary N) is 2. The minimum atomic E-state index is -3.22. The largest absolute Gasteiger partial charge is 0.496 e. The van der Waals surface area contributed by atoms with Crippen LogP contribution < -0.4 is 10.1 Å². The minimum absolute atomic E-state index is 0.282. The van der Waals surface area contributed by atoms with Gasteiger partial charge in [0.25, 0.3) is 0 Å². The topological polar surface area (TPSA) is 84.1 Å².